The van der Waals surface area contributed by atoms with Gasteiger partial charge in [0.2, 0.25) is 0 Å². The van der Waals surface area contributed by atoms with E-state index in [2.05, 4.69) is 144 Å². The Labute approximate surface area is 222 Å². The van der Waals surface area contributed by atoms with Crippen LogP contribution in [0.3, 0.4) is 0 Å². The molecule has 0 aliphatic heterocycles. The van der Waals surface area contributed by atoms with Crippen molar-refractivity contribution in [2.24, 2.45) is 0 Å². The molecule has 0 radical (unpaired) electrons. The molecule has 0 amide bonds. The van der Waals surface area contributed by atoms with Gasteiger partial charge in [-0.3, -0.25) is 0 Å². The van der Waals surface area contributed by atoms with E-state index < -0.39 is 0 Å². The fraction of sp³-hybridized carbons (Fsp3) is 0. The minimum atomic E-state index is 0.913. The Morgan fingerprint density at radius 2 is 0.895 bits per heavy atom. The Hall–Kier alpha value is -5.08. The highest BCUT2D eigenvalue weighted by Crippen LogP contribution is 2.38. The lowest BCUT2D eigenvalue weighted by Gasteiger charge is -2.26. The van der Waals surface area contributed by atoms with Gasteiger partial charge in [0, 0.05) is 27.8 Å². The molecule has 0 fully saturated rings. The summed E-state index contributed by atoms with van der Waals surface area (Å²) in [5, 5.41) is 2.28. The number of benzene rings is 6. The topological polar surface area (TPSA) is 16.4 Å². The lowest BCUT2D eigenvalue weighted by atomic mass is 10.0. The normalized spacial score (nSPS) is 11.2. The average Bonchev–Trinajstić information content (AvgIpc) is 3.37. The Morgan fingerprint density at radius 1 is 0.342 bits per heavy atom. The van der Waals surface area contributed by atoms with E-state index in [4.69, 9.17) is 4.42 Å². The Balaban J connectivity index is 1.32. The first-order chi connectivity index (χ1) is 18.8. The molecule has 0 N–H and O–H groups in total. The standard InChI is InChI=1S/C36H25NO/c1-3-10-26(11-4-1)27-18-21-31(22-19-27)37(30-13-5-2-6-14-30)32-15-9-12-28(24-32)29-20-23-36-34(25-29)33-16-7-8-17-35(33)38-36/h1-25H. The number of para-hydroxylation sites is 2. The van der Waals surface area contributed by atoms with Crippen LogP contribution in [-0.4, -0.2) is 0 Å². The smallest absolute Gasteiger partial charge is 0.135 e. The van der Waals surface area contributed by atoms with Crippen molar-refractivity contribution in [1.29, 1.82) is 0 Å². The van der Waals surface area contributed by atoms with Gasteiger partial charge in [-0.25, -0.2) is 0 Å². The van der Waals surface area contributed by atoms with Gasteiger partial charge in [-0.2, -0.15) is 0 Å². The summed E-state index contributed by atoms with van der Waals surface area (Å²) in [5.74, 6) is 0. The molecule has 1 heterocycles. The predicted octanol–water partition coefficient (Wildman–Crippen LogP) is 10.4. The maximum atomic E-state index is 6.05. The number of rotatable bonds is 5. The molecule has 0 atom stereocenters. The third-order valence-electron chi connectivity index (χ3n) is 7.06. The van der Waals surface area contributed by atoms with E-state index in [1.807, 2.05) is 12.1 Å². The van der Waals surface area contributed by atoms with Crippen molar-refractivity contribution >= 4 is 39.0 Å². The van der Waals surface area contributed by atoms with Crippen LogP contribution in [0.4, 0.5) is 17.1 Å². The van der Waals surface area contributed by atoms with E-state index in [1.54, 1.807) is 0 Å². The highest BCUT2D eigenvalue weighted by atomic mass is 16.3. The Kier molecular flexibility index (Phi) is 5.49. The maximum absolute atomic E-state index is 6.05. The van der Waals surface area contributed by atoms with Crippen LogP contribution in [0.25, 0.3) is 44.2 Å². The second-order valence-electron chi connectivity index (χ2n) is 9.44. The molecule has 1 aromatic heterocycles. The van der Waals surface area contributed by atoms with Gasteiger partial charge in [0.25, 0.3) is 0 Å². The molecule has 0 saturated heterocycles. The highest BCUT2D eigenvalue weighted by Gasteiger charge is 2.14. The van der Waals surface area contributed by atoms with Crippen LogP contribution in [0.2, 0.25) is 0 Å². The minimum Gasteiger partial charge on any atom is -0.456 e. The summed E-state index contributed by atoms with van der Waals surface area (Å²) in [6, 6.07) is 53.3. The molecule has 0 unspecified atom stereocenters. The summed E-state index contributed by atoms with van der Waals surface area (Å²) in [4.78, 5) is 2.31. The van der Waals surface area contributed by atoms with Crippen molar-refractivity contribution in [2.45, 2.75) is 0 Å². The first-order valence-corrected chi connectivity index (χ1v) is 12.9. The van der Waals surface area contributed by atoms with Gasteiger partial charge in [0.05, 0.1) is 0 Å². The van der Waals surface area contributed by atoms with Crippen LogP contribution in [-0.2, 0) is 0 Å². The van der Waals surface area contributed by atoms with Crippen LogP contribution < -0.4 is 4.90 Å². The molecule has 0 spiro atoms. The number of furan rings is 1. The lowest BCUT2D eigenvalue weighted by molar-refractivity contribution is 0.669. The number of anilines is 3. The van der Waals surface area contributed by atoms with E-state index in [1.165, 1.54) is 16.7 Å². The van der Waals surface area contributed by atoms with Crippen molar-refractivity contribution in [3.63, 3.8) is 0 Å². The summed E-state index contributed by atoms with van der Waals surface area (Å²) in [6.45, 7) is 0. The molecule has 38 heavy (non-hydrogen) atoms. The van der Waals surface area contributed by atoms with E-state index >= 15 is 0 Å². The summed E-state index contributed by atoms with van der Waals surface area (Å²) >= 11 is 0. The average molecular weight is 488 g/mol. The molecular weight excluding hydrogens is 462 g/mol. The molecule has 0 saturated carbocycles. The summed E-state index contributed by atoms with van der Waals surface area (Å²) in [7, 11) is 0. The molecule has 7 rings (SSSR count). The number of hydrogen-bond acceptors (Lipinski definition) is 2. The minimum absolute atomic E-state index is 0.913. The zero-order valence-electron chi connectivity index (χ0n) is 20.8. The number of nitrogens with zero attached hydrogens (tertiary/aromatic N) is 1. The zero-order chi connectivity index (χ0) is 25.3. The van der Waals surface area contributed by atoms with Crippen molar-refractivity contribution in [3.05, 3.63) is 152 Å². The molecule has 2 nitrogen and oxygen atoms in total. The Morgan fingerprint density at radius 3 is 1.71 bits per heavy atom. The SMILES string of the molecule is c1ccc(-c2ccc(N(c3ccccc3)c3cccc(-c4ccc5oc6ccccc6c5c4)c3)cc2)cc1. The third kappa shape index (κ3) is 4.03. The van der Waals surface area contributed by atoms with Gasteiger partial charge in [-0.1, -0.05) is 97.1 Å². The quantitative estimate of drug-likeness (QED) is 0.240. The summed E-state index contributed by atoms with van der Waals surface area (Å²) < 4.78 is 6.05. The first-order valence-electron chi connectivity index (χ1n) is 12.9. The van der Waals surface area contributed by atoms with Crippen LogP contribution in [0.1, 0.15) is 0 Å². The van der Waals surface area contributed by atoms with Crippen molar-refractivity contribution in [3.8, 4) is 22.3 Å². The van der Waals surface area contributed by atoms with Gasteiger partial charge in [-0.15, -0.1) is 0 Å². The van der Waals surface area contributed by atoms with Crippen molar-refractivity contribution in [2.75, 3.05) is 4.90 Å². The van der Waals surface area contributed by atoms with Gasteiger partial charge in [0.15, 0.2) is 0 Å². The van der Waals surface area contributed by atoms with Crippen LogP contribution in [0.5, 0.6) is 0 Å². The molecule has 7 aromatic rings. The Bertz CT molecular complexity index is 1850. The second kappa shape index (κ2) is 9.42. The van der Waals surface area contributed by atoms with E-state index in [0.717, 1.165) is 44.6 Å². The van der Waals surface area contributed by atoms with Crippen molar-refractivity contribution in [1.82, 2.24) is 0 Å². The van der Waals surface area contributed by atoms with E-state index in [9.17, 15) is 0 Å². The maximum Gasteiger partial charge on any atom is 0.135 e. The molecule has 0 aliphatic rings. The molecule has 0 bridgehead atoms. The zero-order valence-corrected chi connectivity index (χ0v) is 20.8. The summed E-state index contributed by atoms with van der Waals surface area (Å²) in [6.07, 6.45) is 0. The molecule has 0 aliphatic carbocycles. The van der Waals surface area contributed by atoms with Gasteiger partial charge < -0.3 is 9.32 Å². The summed E-state index contributed by atoms with van der Waals surface area (Å²) in [5.41, 5.74) is 9.93. The van der Waals surface area contributed by atoms with Gasteiger partial charge >= 0.3 is 0 Å². The predicted molar refractivity (Wildman–Crippen MR) is 159 cm³/mol. The number of fused-ring (bicyclic) bond motifs is 3. The van der Waals surface area contributed by atoms with Gasteiger partial charge in [-0.05, 0) is 76.9 Å². The first kappa shape index (κ1) is 22.1. The largest absolute Gasteiger partial charge is 0.456 e. The fourth-order valence-electron chi connectivity index (χ4n) is 5.19. The molecular formula is C36H25NO. The fourth-order valence-corrected chi connectivity index (χ4v) is 5.19. The number of hydrogen-bond donors (Lipinski definition) is 0. The monoisotopic (exact) mass is 487 g/mol. The van der Waals surface area contributed by atoms with Crippen LogP contribution in [0.15, 0.2) is 156 Å². The van der Waals surface area contributed by atoms with Crippen molar-refractivity contribution < 1.29 is 4.42 Å². The van der Waals surface area contributed by atoms with E-state index in [-0.39, 0.29) is 0 Å². The highest BCUT2D eigenvalue weighted by molar-refractivity contribution is 6.06. The van der Waals surface area contributed by atoms with Crippen LogP contribution >= 0.6 is 0 Å². The molecule has 6 aromatic carbocycles. The van der Waals surface area contributed by atoms with Gasteiger partial charge in [0.1, 0.15) is 11.2 Å². The molecule has 2 heteroatoms. The second-order valence-corrected chi connectivity index (χ2v) is 9.44. The lowest BCUT2D eigenvalue weighted by Crippen LogP contribution is -2.09. The van der Waals surface area contributed by atoms with E-state index in [0.29, 0.717) is 0 Å². The molecule has 180 valence electrons. The third-order valence-corrected chi connectivity index (χ3v) is 7.06. The van der Waals surface area contributed by atoms with Crippen LogP contribution in [0, 0.1) is 0 Å².